The molecule has 0 unspecified atom stereocenters. The maximum Gasteiger partial charge on any atom is 0.410 e. The monoisotopic (exact) mass is 525 g/mol. The van der Waals surface area contributed by atoms with Crippen molar-refractivity contribution in [2.24, 2.45) is 5.92 Å². The molecule has 0 bridgehead atoms. The lowest BCUT2D eigenvalue weighted by atomic mass is 9.92. The Kier molecular flexibility index (Phi) is 8.27. The van der Waals surface area contributed by atoms with Gasteiger partial charge in [-0.2, -0.15) is 5.26 Å². The lowest BCUT2D eigenvalue weighted by Crippen LogP contribution is -2.43. The van der Waals surface area contributed by atoms with Crippen LogP contribution in [0.15, 0.2) is 59.2 Å². The highest BCUT2D eigenvalue weighted by molar-refractivity contribution is 9.10. The molecular formula is C27H32BrN3O3. The van der Waals surface area contributed by atoms with E-state index in [0.717, 1.165) is 40.0 Å². The summed E-state index contributed by atoms with van der Waals surface area (Å²) in [6.07, 6.45) is 1.36. The maximum atomic E-state index is 12.5. The second kappa shape index (κ2) is 11.0. The number of piperidine rings is 1. The van der Waals surface area contributed by atoms with Gasteiger partial charge in [0, 0.05) is 35.7 Å². The predicted octanol–water partition coefficient (Wildman–Crippen LogP) is 6.50. The van der Waals surface area contributed by atoms with E-state index in [0.29, 0.717) is 25.2 Å². The number of benzene rings is 2. The zero-order valence-electron chi connectivity index (χ0n) is 20.3. The molecule has 1 heterocycles. The number of halogens is 1. The van der Waals surface area contributed by atoms with Crippen LogP contribution in [-0.4, -0.2) is 36.8 Å². The molecule has 180 valence electrons. The van der Waals surface area contributed by atoms with Gasteiger partial charge in [-0.15, -0.1) is 0 Å². The van der Waals surface area contributed by atoms with E-state index in [-0.39, 0.29) is 12.0 Å². The van der Waals surface area contributed by atoms with Crippen LogP contribution in [-0.2, 0) is 11.3 Å². The Labute approximate surface area is 210 Å². The van der Waals surface area contributed by atoms with E-state index in [4.69, 9.17) is 9.47 Å². The molecule has 1 fully saturated rings. The number of amides is 1. The summed E-state index contributed by atoms with van der Waals surface area (Å²) in [6, 6.07) is 15.8. The van der Waals surface area contributed by atoms with Gasteiger partial charge in [0.05, 0.1) is 24.4 Å². The molecule has 0 radical (unpaired) electrons. The van der Waals surface area contributed by atoms with Gasteiger partial charge in [-0.25, -0.2) is 4.79 Å². The van der Waals surface area contributed by atoms with Crippen molar-refractivity contribution in [2.45, 2.75) is 45.8 Å². The Morgan fingerprint density at radius 1 is 1.21 bits per heavy atom. The summed E-state index contributed by atoms with van der Waals surface area (Å²) in [5, 5.41) is 9.27. The van der Waals surface area contributed by atoms with Gasteiger partial charge >= 0.3 is 6.09 Å². The van der Waals surface area contributed by atoms with Gasteiger partial charge in [0.15, 0.2) is 0 Å². The number of carbonyl (C=O) groups excluding carboxylic acids is 1. The van der Waals surface area contributed by atoms with E-state index in [9.17, 15) is 10.1 Å². The molecule has 3 rings (SSSR count). The molecule has 0 saturated carbocycles. The molecule has 0 atom stereocenters. The number of hydrogen-bond donors (Lipinski definition) is 0. The summed E-state index contributed by atoms with van der Waals surface area (Å²) >= 11 is 3.65. The molecule has 0 aromatic heterocycles. The smallest absolute Gasteiger partial charge is 0.410 e. The van der Waals surface area contributed by atoms with Crippen molar-refractivity contribution in [3.05, 3.63) is 70.3 Å². The molecule has 2 aromatic rings. The zero-order chi connectivity index (χ0) is 24.9. The Balaban J connectivity index is 1.80. The van der Waals surface area contributed by atoms with Crippen LogP contribution in [0.1, 0.15) is 44.7 Å². The third kappa shape index (κ3) is 6.54. The minimum absolute atomic E-state index is 0.222. The number of methoxy groups -OCH3 is 1. The number of allylic oxidation sites excluding steroid dienone is 1. The lowest BCUT2D eigenvalue weighted by Gasteiger charge is -2.38. The predicted molar refractivity (Wildman–Crippen MR) is 138 cm³/mol. The highest BCUT2D eigenvalue weighted by Crippen LogP contribution is 2.36. The van der Waals surface area contributed by atoms with Crippen molar-refractivity contribution in [1.82, 2.24) is 4.90 Å². The van der Waals surface area contributed by atoms with Crippen molar-refractivity contribution in [3.8, 4) is 11.8 Å². The molecule has 1 aliphatic heterocycles. The van der Waals surface area contributed by atoms with Crippen LogP contribution in [0, 0.1) is 17.2 Å². The minimum atomic E-state index is -0.505. The summed E-state index contributed by atoms with van der Waals surface area (Å²) in [7, 11) is 1.65. The first-order valence-corrected chi connectivity index (χ1v) is 12.2. The lowest BCUT2D eigenvalue weighted by molar-refractivity contribution is 0.0194. The van der Waals surface area contributed by atoms with Gasteiger partial charge in [-0.3, -0.25) is 0 Å². The summed E-state index contributed by atoms with van der Waals surface area (Å²) in [5.74, 6) is 1.03. The van der Waals surface area contributed by atoms with Gasteiger partial charge in [0.1, 0.15) is 11.4 Å². The molecule has 0 aliphatic carbocycles. The largest absolute Gasteiger partial charge is 0.497 e. The molecule has 34 heavy (non-hydrogen) atoms. The average molecular weight is 526 g/mol. The average Bonchev–Trinajstić information content (AvgIpc) is 2.81. The van der Waals surface area contributed by atoms with Crippen molar-refractivity contribution in [3.63, 3.8) is 0 Å². The van der Waals surface area contributed by atoms with Gasteiger partial charge in [0.2, 0.25) is 0 Å². The quantitative estimate of drug-likeness (QED) is 0.430. The molecule has 1 saturated heterocycles. The van der Waals surface area contributed by atoms with Crippen LogP contribution in [0.4, 0.5) is 10.5 Å². The van der Waals surface area contributed by atoms with E-state index in [1.807, 2.05) is 63.2 Å². The first-order chi connectivity index (χ1) is 16.1. The second-order valence-corrected chi connectivity index (χ2v) is 10.3. The number of anilines is 1. The third-order valence-electron chi connectivity index (χ3n) is 5.83. The van der Waals surface area contributed by atoms with Gasteiger partial charge in [0.25, 0.3) is 0 Å². The van der Waals surface area contributed by atoms with E-state index in [1.54, 1.807) is 12.0 Å². The number of hydrogen-bond acceptors (Lipinski definition) is 5. The molecule has 0 N–H and O–H groups in total. The Morgan fingerprint density at radius 2 is 1.85 bits per heavy atom. The van der Waals surface area contributed by atoms with Crippen LogP contribution < -0.4 is 9.64 Å². The van der Waals surface area contributed by atoms with Crippen LogP contribution in [0.5, 0.6) is 5.75 Å². The van der Waals surface area contributed by atoms with Gasteiger partial charge in [-0.05, 0) is 85.4 Å². The van der Waals surface area contributed by atoms with Crippen molar-refractivity contribution < 1.29 is 14.3 Å². The number of nitriles is 1. The summed E-state index contributed by atoms with van der Waals surface area (Å²) < 4.78 is 11.7. The standard InChI is InChI=1S/C27H32BrN3O3/c1-19(22-12-14-30(15-13-22)26(32)34-27(2,3)4)31(18-20-6-9-23(33-5)10-7-20)25-11-8-21(17-29)16-24(25)28/h6-11,16,22H,1,12-15,18H2,2-5H3. The Hall–Kier alpha value is -2.98. The van der Waals surface area contributed by atoms with Crippen molar-refractivity contribution in [1.29, 1.82) is 5.26 Å². The summed E-state index contributed by atoms with van der Waals surface area (Å²) in [6.45, 7) is 12.0. The van der Waals surface area contributed by atoms with Crippen LogP contribution in [0.25, 0.3) is 0 Å². The maximum absolute atomic E-state index is 12.5. The van der Waals surface area contributed by atoms with Crippen LogP contribution in [0.3, 0.4) is 0 Å². The molecule has 0 spiro atoms. The molecule has 6 nitrogen and oxygen atoms in total. The highest BCUT2D eigenvalue weighted by Gasteiger charge is 2.30. The molecular weight excluding hydrogens is 494 g/mol. The molecule has 1 amide bonds. The molecule has 2 aromatic carbocycles. The number of nitrogens with zero attached hydrogens (tertiary/aromatic N) is 3. The first-order valence-electron chi connectivity index (χ1n) is 11.4. The fraction of sp³-hybridized carbons (Fsp3) is 0.407. The molecule has 7 heteroatoms. The SMILES string of the molecule is C=C(C1CCN(C(=O)OC(C)(C)C)CC1)N(Cc1ccc(OC)cc1)c1ccc(C#N)cc1Br. The number of carbonyl (C=O) groups is 1. The molecule has 1 aliphatic rings. The first kappa shape index (κ1) is 25.6. The van der Waals surface area contributed by atoms with Crippen LogP contribution in [0.2, 0.25) is 0 Å². The fourth-order valence-electron chi connectivity index (χ4n) is 3.99. The van der Waals surface area contributed by atoms with E-state index in [1.165, 1.54) is 0 Å². The number of likely N-dealkylation sites (tertiary alicyclic amines) is 1. The van der Waals surface area contributed by atoms with Crippen LogP contribution >= 0.6 is 15.9 Å². The normalized spacial score (nSPS) is 14.3. The van der Waals surface area contributed by atoms with Crippen molar-refractivity contribution >= 4 is 27.7 Å². The fourth-order valence-corrected chi connectivity index (χ4v) is 4.59. The number of rotatable bonds is 6. The van der Waals surface area contributed by atoms with E-state index >= 15 is 0 Å². The van der Waals surface area contributed by atoms with Crippen molar-refractivity contribution in [2.75, 3.05) is 25.1 Å². The second-order valence-electron chi connectivity index (χ2n) is 9.45. The zero-order valence-corrected chi connectivity index (χ0v) is 21.9. The minimum Gasteiger partial charge on any atom is -0.497 e. The van der Waals surface area contributed by atoms with E-state index in [2.05, 4.69) is 33.5 Å². The van der Waals surface area contributed by atoms with E-state index < -0.39 is 5.60 Å². The number of ether oxygens (including phenoxy) is 2. The Morgan fingerprint density at radius 3 is 2.38 bits per heavy atom. The topological polar surface area (TPSA) is 65.8 Å². The summed E-state index contributed by atoms with van der Waals surface area (Å²) in [5.41, 5.74) is 3.15. The van der Waals surface area contributed by atoms with Gasteiger partial charge in [-0.1, -0.05) is 18.7 Å². The summed E-state index contributed by atoms with van der Waals surface area (Å²) in [4.78, 5) is 16.4. The highest BCUT2D eigenvalue weighted by atomic mass is 79.9. The third-order valence-corrected chi connectivity index (χ3v) is 6.47. The Bertz CT molecular complexity index is 1060. The van der Waals surface area contributed by atoms with Gasteiger partial charge < -0.3 is 19.3 Å².